The number of nitrogens with zero attached hydrogens (tertiary/aromatic N) is 1. The molecule has 3 aromatic carbocycles. The van der Waals surface area contributed by atoms with Crippen molar-refractivity contribution in [2.75, 3.05) is 5.75 Å². The maximum Gasteiger partial charge on any atom is 0.243 e. The van der Waals surface area contributed by atoms with E-state index in [1.807, 2.05) is 74.5 Å². The lowest BCUT2D eigenvalue weighted by atomic mass is 10.0. The molecule has 8 heteroatoms. The molecule has 202 valence electrons. The van der Waals surface area contributed by atoms with Crippen LogP contribution in [0.25, 0.3) is 0 Å². The Kier molecular flexibility index (Phi) is 12.3. The Morgan fingerprint density at radius 2 is 1.63 bits per heavy atom. The second-order valence-corrected chi connectivity index (χ2v) is 11.6. The van der Waals surface area contributed by atoms with Gasteiger partial charge in [0.15, 0.2) is 0 Å². The van der Waals surface area contributed by atoms with E-state index in [4.69, 9.17) is 34.8 Å². The first-order valence-corrected chi connectivity index (χ1v) is 14.8. The third kappa shape index (κ3) is 9.53. The first-order valence-electron chi connectivity index (χ1n) is 12.7. The average Bonchev–Trinajstić information content (AvgIpc) is 2.91. The number of halogens is 3. The molecule has 1 N–H and O–H groups in total. The van der Waals surface area contributed by atoms with E-state index in [1.165, 1.54) is 0 Å². The van der Waals surface area contributed by atoms with Gasteiger partial charge in [-0.05, 0) is 73.0 Å². The minimum absolute atomic E-state index is 0.00683. The third-order valence-electron chi connectivity index (χ3n) is 6.25. The lowest BCUT2D eigenvalue weighted by molar-refractivity contribution is -0.141. The minimum Gasteiger partial charge on any atom is -0.352 e. The van der Waals surface area contributed by atoms with Crippen molar-refractivity contribution in [2.24, 2.45) is 0 Å². The largest absolute Gasteiger partial charge is 0.352 e. The van der Waals surface area contributed by atoms with Gasteiger partial charge in [-0.1, -0.05) is 78.1 Å². The van der Waals surface area contributed by atoms with Crippen LogP contribution in [0.4, 0.5) is 0 Å². The topological polar surface area (TPSA) is 49.4 Å². The van der Waals surface area contributed by atoms with E-state index in [0.717, 1.165) is 28.2 Å². The number of benzene rings is 3. The fraction of sp³-hybridized carbons (Fsp3) is 0.333. The summed E-state index contributed by atoms with van der Waals surface area (Å²) in [7, 11) is 0. The minimum atomic E-state index is -0.686. The molecule has 0 fully saturated rings. The first kappa shape index (κ1) is 30.4. The van der Waals surface area contributed by atoms with Crippen LogP contribution in [0.15, 0.2) is 77.7 Å². The van der Waals surface area contributed by atoms with Crippen molar-refractivity contribution < 1.29 is 9.59 Å². The van der Waals surface area contributed by atoms with Crippen molar-refractivity contribution in [1.82, 2.24) is 10.2 Å². The van der Waals surface area contributed by atoms with E-state index < -0.39 is 6.04 Å². The van der Waals surface area contributed by atoms with Crippen LogP contribution < -0.4 is 5.32 Å². The molecule has 0 aliphatic carbocycles. The number of amides is 2. The molecule has 2 amide bonds. The molecule has 38 heavy (non-hydrogen) atoms. The van der Waals surface area contributed by atoms with Crippen molar-refractivity contribution in [3.8, 4) is 0 Å². The zero-order valence-corrected chi connectivity index (χ0v) is 24.7. The number of thioether (sulfide) groups is 1. The summed E-state index contributed by atoms with van der Waals surface area (Å²) < 4.78 is 0. The normalized spacial score (nSPS) is 12.6. The number of hydrogen-bond acceptors (Lipinski definition) is 3. The molecule has 0 bridgehead atoms. The Bertz CT molecular complexity index is 1190. The highest BCUT2D eigenvalue weighted by atomic mass is 35.5. The van der Waals surface area contributed by atoms with Gasteiger partial charge in [-0.25, -0.2) is 0 Å². The van der Waals surface area contributed by atoms with Gasteiger partial charge in [0.25, 0.3) is 0 Å². The van der Waals surface area contributed by atoms with Gasteiger partial charge in [0.05, 0.1) is 0 Å². The SMILES string of the molecule is CC[C@@H](C)NC(=O)[C@@H](Cc1ccccc1)N(Cc1ccc(Cl)cc1Cl)C(=O)CCCSc1ccc(Cl)cc1. The molecule has 0 aromatic heterocycles. The van der Waals surface area contributed by atoms with Crippen LogP contribution in [0.5, 0.6) is 0 Å². The predicted molar refractivity (Wildman–Crippen MR) is 160 cm³/mol. The van der Waals surface area contributed by atoms with E-state index in [1.54, 1.807) is 28.8 Å². The zero-order valence-electron chi connectivity index (χ0n) is 21.6. The first-order chi connectivity index (χ1) is 18.3. The Labute approximate surface area is 245 Å². The Hall–Kier alpha value is -2.18. The highest BCUT2D eigenvalue weighted by molar-refractivity contribution is 7.99. The second kappa shape index (κ2) is 15.4. The molecule has 0 spiro atoms. The summed E-state index contributed by atoms with van der Waals surface area (Å²) >= 11 is 20.3. The summed E-state index contributed by atoms with van der Waals surface area (Å²) in [4.78, 5) is 30.1. The van der Waals surface area contributed by atoms with Crippen molar-refractivity contribution in [3.05, 3.63) is 99.0 Å². The monoisotopic (exact) mass is 590 g/mol. The fourth-order valence-electron chi connectivity index (χ4n) is 3.92. The summed E-state index contributed by atoms with van der Waals surface area (Å²) in [5.41, 5.74) is 1.73. The van der Waals surface area contributed by atoms with Crippen LogP contribution in [0.2, 0.25) is 15.1 Å². The summed E-state index contributed by atoms with van der Waals surface area (Å²) in [5, 5.41) is 4.77. The molecule has 0 saturated carbocycles. The lowest BCUT2D eigenvalue weighted by Crippen LogP contribution is -2.52. The molecule has 0 aliphatic rings. The van der Waals surface area contributed by atoms with Crippen LogP contribution in [0.1, 0.15) is 44.2 Å². The van der Waals surface area contributed by atoms with Crippen molar-refractivity contribution in [3.63, 3.8) is 0 Å². The molecule has 0 unspecified atom stereocenters. The Morgan fingerprint density at radius 3 is 2.29 bits per heavy atom. The highest BCUT2D eigenvalue weighted by Crippen LogP contribution is 2.26. The van der Waals surface area contributed by atoms with Gasteiger partial charge >= 0.3 is 0 Å². The summed E-state index contributed by atoms with van der Waals surface area (Å²) in [6, 6.07) is 22.0. The van der Waals surface area contributed by atoms with Crippen LogP contribution in [0, 0.1) is 0 Å². The van der Waals surface area contributed by atoms with Gasteiger partial charge in [0.2, 0.25) is 11.8 Å². The maximum atomic E-state index is 13.7. The summed E-state index contributed by atoms with van der Waals surface area (Å²) in [6.45, 7) is 4.20. The number of rotatable bonds is 13. The van der Waals surface area contributed by atoms with E-state index in [9.17, 15) is 9.59 Å². The molecule has 0 radical (unpaired) electrons. The number of hydrogen-bond donors (Lipinski definition) is 1. The van der Waals surface area contributed by atoms with E-state index in [0.29, 0.717) is 34.3 Å². The summed E-state index contributed by atoms with van der Waals surface area (Å²) in [6.07, 6.45) is 2.18. The van der Waals surface area contributed by atoms with Gasteiger partial charge in [-0.2, -0.15) is 0 Å². The molecule has 3 aromatic rings. The number of nitrogens with one attached hydrogen (secondary N) is 1. The third-order valence-corrected chi connectivity index (χ3v) is 8.18. The summed E-state index contributed by atoms with van der Waals surface area (Å²) in [5.74, 6) is 0.510. The van der Waals surface area contributed by atoms with Gasteiger partial charge in [0.1, 0.15) is 6.04 Å². The van der Waals surface area contributed by atoms with Crippen molar-refractivity contribution in [2.45, 2.75) is 63.1 Å². The predicted octanol–water partition coefficient (Wildman–Crippen LogP) is 8.07. The molecule has 0 saturated heterocycles. The maximum absolute atomic E-state index is 13.7. The van der Waals surface area contributed by atoms with Gasteiger partial charge in [-0.15, -0.1) is 11.8 Å². The van der Waals surface area contributed by atoms with Gasteiger partial charge in [0, 0.05) is 45.4 Å². The van der Waals surface area contributed by atoms with Crippen LogP contribution in [-0.2, 0) is 22.6 Å². The molecule has 2 atom stereocenters. The number of carbonyl (C=O) groups excluding carboxylic acids is 2. The lowest BCUT2D eigenvalue weighted by Gasteiger charge is -2.32. The van der Waals surface area contributed by atoms with E-state index in [-0.39, 0.29) is 24.4 Å². The second-order valence-electron chi connectivity index (χ2n) is 9.19. The van der Waals surface area contributed by atoms with Crippen molar-refractivity contribution in [1.29, 1.82) is 0 Å². The molecule has 3 rings (SSSR count). The van der Waals surface area contributed by atoms with Gasteiger partial charge < -0.3 is 10.2 Å². The quantitative estimate of drug-likeness (QED) is 0.161. The van der Waals surface area contributed by atoms with Crippen LogP contribution in [-0.4, -0.2) is 34.6 Å². The molecular weight excluding hydrogens is 559 g/mol. The Morgan fingerprint density at radius 1 is 0.947 bits per heavy atom. The smallest absolute Gasteiger partial charge is 0.243 e. The van der Waals surface area contributed by atoms with Crippen LogP contribution >= 0.6 is 46.6 Å². The van der Waals surface area contributed by atoms with Crippen LogP contribution in [0.3, 0.4) is 0 Å². The van der Waals surface area contributed by atoms with Gasteiger partial charge in [-0.3, -0.25) is 9.59 Å². The van der Waals surface area contributed by atoms with E-state index >= 15 is 0 Å². The highest BCUT2D eigenvalue weighted by Gasteiger charge is 2.31. The average molecular weight is 592 g/mol. The molecule has 0 heterocycles. The fourth-order valence-corrected chi connectivity index (χ4v) is 5.36. The molecule has 0 aliphatic heterocycles. The molecular formula is C30H33Cl3N2O2S. The number of carbonyl (C=O) groups is 2. The Balaban J connectivity index is 1.82. The van der Waals surface area contributed by atoms with E-state index in [2.05, 4.69) is 5.32 Å². The van der Waals surface area contributed by atoms with Crippen molar-refractivity contribution >= 4 is 58.4 Å². The zero-order chi connectivity index (χ0) is 27.5. The standard InChI is InChI=1S/C30H33Cl3N2O2S/c1-3-21(2)34-30(37)28(18-22-8-5-4-6-9-22)35(20-23-11-12-25(32)19-27(23)33)29(36)10-7-17-38-26-15-13-24(31)14-16-26/h4-6,8-9,11-16,19,21,28H,3,7,10,17-18,20H2,1-2H3,(H,34,37)/t21-,28-/m1/s1. The molecule has 4 nitrogen and oxygen atoms in total.